The van der Waals surface area contributed by atoms with Crippen molar-refractivity contribution in [1.29, 1.82) is 0 Å². The maximum Gasteiger partial charge on any atom is 0.368 e. The van der Waals surface area contributed by atoms with Gasteiger partial charge in [0.1, 0.15) is 11.5 Å². The summed E-state index contributed by atoms with van der Waals surface area (Å²) in [6, 6.07) is 13.0. The van der Waals surface area contributed by atoms with Gasteiger partial charge in [-0.15, -0.1) is 0 Å². The van der Waals surface area contributed by atoms with Crippen LogP contribution in [0.4, 0.5) is 5.69 Å². The van der Waals surface area contributed by atoms with Gasteiger partial charge in [-0.25, -0.2) is 4.79 Å². The minimum atomic E-state index is -0.623. The van der Waals surface area contributed by atoms with Crippen molar-refractivity contribution in [3.8, 4) is 5.75 Å². The number of ether oxygens (including phenoxy) is 1. The second-order valence-electron chi connectivity index (χ2n) is 4.93. The number of rotatable bonds is 4. The SMILES string of the molecule is COc1ccccc1/C=C1\C(=O)ON=C1c1cccc([N+](=O)[O-])c1. The van der Waals surface area contributed by atoms with Crippen molar-refractivity contribution >= 4 is 23.4 Å². The molecule has 120 valence electrons. The summed E-state index contributed by atoms with van der Waals surface area (Å²) in [5.74, 6) is -0.0366. The molecule has 3 rings (SSSR count). The fraction of sp³-hybridized carbons (Fsp3) is 0.0588. The first-order chi connectivity index (χ1) is 11.6. The van der Waals surface area contributed by atoms with Crippen molar-refractivity contribution in [2.75, 3.05) is 7.11 Å². The first-order valence-corrected chi connectivity index (χ1v) is 6.99. The van der Waals surface area contributed by atoms with Crippen molar-refractivity contribution in [2.45, 2.75) is 0 Å². The minimum absolute atomic E-state index is 0.0915. The van der Waals surface area contributed by atoms with Gasteiger partial charge in [0.2, 0.25) is 0 Å². The summed E-state index contributed by atoms with van der Waals surface area (Å²) in [5.41, 5.74) is 1.46. The number of nitrogens with zero attached hydrogens (tertiary/aromatic N) is 2. The van der Waals surface area contributed by atoms with E-state index in [1.54, 1.807) is 30.3 Å². The molecule has 2 aromatic carbocycles. The van der Waals surface area contributed by atoms with Crippen LogP contribution in [0.3, 0.4) is 0 Å². The monoisotopic (exact) mass is 324 g/mol. The molecule has 1 aliphatic heterocycles. The number of carbonyl (C=O) groups is 1. The average molecular weight is 324 g/mol. The molecule has 0 bridgehead atoms. The number of nitro groups is 1. The van der Waals surface area contributed by atoms with Crippen molar-refractivity contribution in [3.63, 3.8) is 0 Å². The zero-order valence-electron chi connectivity index (χ0n) is 12.6. The lowest BCUT2D eigenvalue weighted by Gasteiger charge is -2.05. The standard InChI is InChI=1S/C17H12N2O5/c1-23-15-8-3-2-5-11(15)10-14-16(18-24-17(14)20)12-6-4-7-13(9-12)19(21)22/h2-10H,1H3/b14-10-. The van der Waals surface area contributed by atoms with Crippen LogP contribution in [0.1, 0.15) is 11.1 Å². The molecular formula is C17H12N2O5. The lowest BCUT2D eigenvalue weighted by atomic mass is 10.00. The van der Waals surface area contributed by atoms with Gasteiger partial charge < -0.3 is 9.57 Å². The second-order valence-corrected chi connectivity index (χ2v) is 4.93. The van der Waals surface area contributed by atoms with Crippen LogP contribution in [0.15, 0.2) is 59.3 Å². The fourth-order valence-corrected chi connectivity index (χ4v) is 2.33. The maximum atomic E-state index is 12.0. The number of carbonyl (C=O) groups excluding carboxylic acids is 1. The summed E-state index contributed by atoms with van der Waals surface area (Å²) in [5, 5.41) is 14.7. The number of non-ortho nitro benzene ring substituents is 1. The topological polar surface area (TPSA) is 91.0 Å². The van der Waals surface area contributed by atoms with Crippen molar-refractivity contribution < 1.29 is 19.3 Å². The number of methoxy groups -OCH3 is 1. The van der Waals surface area contributed by atoms with E-state index in [2.05, 4.69) is 5.16 Å². The summed E-state index contributed by atoms with van der Waals surface area (Å²) in [7, 11) is 1.53. The molecule has 24 heavy (non-hydrogen) atoms. The minimum Gasteiger partial charge on any atom is -0.496 e. The molecule has 0 amide bonds. The van der Waals surface area contributed by atoms with Crippen LogP contribution in [-0.4, -0.2) is 23.7 Å². The van der Waals surface area contributed by atoms with Crippen molar-refractivity contribution in [2.24, 2.45) is 5.16 Å². The Morgan fingerprint density at radius 1 is 1.21 bits per heavy atom. The molecule has 1 aliphatic rings. The fourth-order valence-electron chi connectivity index (χ4n) is 2.33. The summed E-state index contributed by atoms with van der Waals surface area (Å²) in [6.07, 6.45) is 1.59. The maximum absolute atomic E-state index is 12.0. The first kappa shape index (κ1) is 15.4. The molecular weight excluding hydrogens is 312 g/mol. The average Bonchev–Trinajstić information content (AvgIpc) is 2.96. The van der Waals surface area contributed by atoms with E-state index in [4.69, 9.17) is 9.57 Å². The van der Waals surface area contributed by atoms with Crippen molar-refractivity contribution in [1.82, 2.24) is 0 Å². The Kier molecular flexibility index (Phi) is 4.07. The Morgan fingerprint density at radius 3 is 2.75 bits per heavy atom. The molecule has 0 radical (unpaired) electrons. The molecule has 7 nitrogen and oxygen atoms in total. The van der Waals surface area contributed by atoms with E-state index in [1.165, 1.54) is 25.3 Å². The molecule has 0 aromatic heterocycles. The molecule has 2 aromatic rings. The van der Waals surface area contributed by atoms with Gasteiger partial charge in [0.15, 0.2) is 0 Å². The molecule has 0 aliphatic carbocycles. The van der Waals surface area contributed by atoms with Gasteiger partial charge in [0, 0.05) is 23.3 Å². The van der Waals surface area contributed by atoms with Crippen LogP contribution in [-0.2, 0) is 9.63 Å². The summed E-state index contributed by atoms with van der Waals surface area (Å²) < 4.78 is 5.26. The number of hydrogen-bond donors (Lipinski definition) is 0. The lowest BCUT2D eigenvalue weighted by Crippen LogP contribution is -2.07. The van der Waals surface area contributed by atoms with E-state index in [0.29, 0.717) is 16.9 Å². The lowest BCUT2D eigenvalue weighted by molar-refractivity contribution is -0.384. The summed E-state index contributed by atoms with van der Waals surface area (Å²) in [4.78, 5) is 27.2. The van der Waals surface area contributed by atoms with E-state index in [-0.39, 0.29) is 17.0 Å². The number of nitro benzene ring substituents is 1. The number of para-hydroxylation sites is 1. The Balaban J connectivity index is 2.06. The highest BCUT2D eigenvalue weighted by molar-refractivity contribution is 6.31. The normalized spacial score (nSPS) is 15.1. The van der Waals surface area contributed by atoms with Crippen LogP contribution in [0, 0.1) is 10.1 Å². The van der Waals surface area contributed by atoms with Crippen LogP contribution < -0.4 is 4.74 Å². The molecule has 0 N–H and O–H groups in total. The Labute approximate surface area is 137 Å². The molecule has 0 spiro atoms. The second kappa shape index (κ2) is 6.33. The molecule has 0 atom stereocenters. The zero-order valence-corrected chi connectivity index (χ0v) is 12.6. The third kappa shape index (κ3) is 2.87. The van der Waals surface area contributed by atoms with Crippen LogP contribution in [0.5, 0.6) is 5.75 Å². The third-order valence-corrected chi connectivity index (χ3v) is 3.46. The van der Waals surface area contributed by atoms with E-state index < -0.39 is 10.9 Å². The van der Waals surface area contributed by atoms with Gasteiger partial charge in [-0.2, -0.15) is 0 Å². The highest BCUT2D eigenvalue weighted by Gasteiger charge is 2.28. The van der Waals surface area contributed by atoms with Gasteiger partial charge in [-0.1, -0.05) is 35.5 Å². The Bertz CT molecular complexity index is 886. The Hall–Kier alpha value is -3.48. The number of oxime groups is 1. The summed E-state index contributed by atoms with van der Waals surface area (Å²) in [6.45, 7) is 0. The largest absolute Gasteiger partial charge is 0.496 e. The predicted molar refractivity (Wildman–Crippen MR) is 86.7 cm³/mol. The molecule has 0 saturated heterocycles. The number of hydrogen-bond acceptors (Lipinski definition) is 6. The van der Waals surface area contributed by atoms with Crippen LogP contribution in [0.2, 0.25) is 0 Å². The molecule has 1 heterocycles. The predicted octanol–water partition coefficient (Wildman–Crippen LogP) is 2.95. The van der Waals surface area contributed by atoms with Gasteiger partial charge in [-0.3, -0.25) is 10.1 Å². The highest BCUT2D eigenvalue weighted by atomic mass is 16.7. The Morgan fingerprint density at radius 2 is 2.00 bits per heavy atom. The van der Waals surface area contributed by atoms with Gasteiger partial charge in [-0.05, 0) is 12.1 Å². The molecule has 0 unspecified atom stereocenters. The summed E-state index contributed by atoms with van der Waals surface area (Å²) >= 11 is 0. The molecule has 7 heteroatoms. The smallest absolute Gasteiger partial charge is 0.368 e. The van der Waals surface area contributed by atoms with Gasteiger partial charge in [0.05, 0.1) is 17.6 Å². The zero-order chi connectivity index (χ0) is 17.1. The van der Waals surface area contributed by atoms with E-state index in [9.17, 15) is 14.9 Å². The quantitative estimate of drug-likeness (QED) is 0.373. The third-order valence-electron chi connectivity index (χ3n) is 3.46. The van der Waals surface area contributed by atoms with E-state index in [1.807, 2.05) is 6.07 Å². The molecule has 0 fully saturated rings. The highest BCUT2D eigenvalue weighted by Crippen LogP contribution is 2.26. The molecule has 0 saturated carbocycles. The van der Waals surface area contributed by atoms with E-state index >= 15 is 0 Å². The first-order valence-electron chi connectivity index (χ1n) is 6.99. The van der Waals surface area contributed by atoms with E-state index in [0.717, 1.165) is 0 Å². The van der Waals surface area contributed by atoms with Crippen LogP contribution in [0.25, 0.3) is 6.08 Å². The van der Waals surface area contributed by atoms with Gasteiger partial charge in [0.25, 0.3) is 5.69 Å². The number of benzene rings is 2. The van der Waals surface area contributed by atoms with Crippen LogP contribution >= 0.6 is 0 Å². The van der Waals surface area contributed by atoms with Gasteiger partial charge >= 0.3 is 5.97 Å². The van der Waals surface area contributed by atoms with Crippen molar-refractivity contribution in [3.05, 3.63) is 75.3 Å².